The van der Waals surface area contributed by atoms with Crippen LogP contribution in [0.25, 0.3) is 5.57 Å². The highest BCUT2D eigenvalue weighted by Gasteiger charge is 2.11. The van der Waals surface area contributed by atoms with Crippen LogP contribution in [-0.2, 0) is 4.79 Å². The van der Waals surface area contributed by atoms with Crippen LogP contribution in [0.5, 0.6) is 5.75 Å². The predicted molar refractivity (Wildman–Crippen MR) is 77.9 cm³/mol. The first-order valence-corrected chi connectivity index (χ1v) is 6.71. The van der Waals surface area contributed by atoms with E-state index in [4.69, 9.17) is 21.4 Å². The Morgan fingerprint density at radius 2 is 2.11 bits per heavy atom. The minimum atomic E-state index is -0.845. The summed E-state index contributed by atoms with van der Waals surface area (Å²) in [5.41, 5.74) is 2.76. The molecule has 0 aromatic heterocycles. The number of aliphatic carboxylic acids is 1. The van der Waals surface area contributed by atoms with Gasteiger partial charge in [0.05, 0.1) is 13.0 Å². The smallest absolute Gasteiger partial charge is 0.307 e. The average molecular weight is 283 g/mol. The normalized spacial score (nSPS) is 11.5. The van der Waals surface area contributed by atoms with Gasteiger partial charge in [0, 0.05) is 10.6 Å². The van der Waals surface area contributed by atoms with Gasteiger partial charge in [0.25, 0.3) is 0 Å². The van der Waals surface area contributed by atoms with Crippen molar-refractivity contribution in [2.24, 2.45) is 0 Å². The van der Waals surface area contributed by atoms with E-state index >= 15 is 0 Å². The van der Waals surface area contributed by atoms with E-state index < -0.39 is 5.97 Å². The molecule has 19 heavy (non-hydrogen) atoms. The standard InChI is InChI=1S/C15H19ClO3/c1-4-11(6-7-15(17)18)12-9-13(16)10(3)8-14(12)19-5-2/h6,8-9H,4-5,7H2,1-3H3,(H,17,18)/b11-6+. The molecule has 1 aromatic carbocycles. The van der Waals surface area contributed by atoms with Crippen LogP contribution < -0.4 is 4.74 Å². The van der Waals surface area contributed by atoms with Crippen LogP contribution in [-0.4, -0.2) is 17.7 Å². The first kappa shape index (κ1) is 15.6. The minimum absolute atomic E-state index is 0.000232. The lowest BCUT2D eigenvalue weighted by Crippen LogP contribution is -1.99. The fraction of sp³-hybridized carbons (Fsp3) is 0.400. The monoisotopic (exact) mass is 282 g/mol. The van der Waals surface area contributed by atoms with Gasteiger partial charge in [-0.05, 0) is 43.5 Å². The van der Waals surface area contributed by atoms with Gasteiger partial charge in [-0.2, -0.15) is 0 Å². The molecule has 0 fully saturated rings. The molecule has 0 unspecified atom stereocenters. The molecule has 104 valence electrons. The van der Waals surface area contributed by atoms with Crippen molar-refractivity contribution >= 4 is 23.1 Å². The lowest BCUT2D eigenvalue weighted by atomic mass is 9.99. The Balaban J connectivity index is 3.24. The van der Waals surface area contributed by atoms with Crippen molar-refractivity contribution in [3.05, 3.63) is 34.4 Å². The molecular weight excluding hydrogens is 264 g/mol. The molecule has 0 atom stereocenters. The molecule has 0 saturated carbocycles. The van der Waals surface area contributed by atoms with Crippen molar-refractivity contribution in [1.82, 2.24) is 0 Å². The van der Waals surface area contributed by atoms with Crippen molar-refractivity contribution in [2.75, 3.05) is 6.61 Å². The number of allylic oxidation sites excluding steroid dienone is 1. The zero-order valence-corrected chi connectivity index (χ0v) is 12.3. The lowest BCUT2D eigenvalue weighted by molar-refractivity contribution is -0.135. The van der Waals surface area contributed by atoms with Crippen LogP contribution in [0.15, 0.2) is 18.2 Å². The molecule has 0 saturated heterocycles. The third-order valence-corrected chi connectivity index (χ3v) is 3.22. The number of hydrogen-bond donors (Lipinski definition) is 1. The topological polar surface area (TPSA) is 46.5 Å². The van der Waals surface area contributed by atoms with Crippen LogP contribution in [0, 0.1) is 6.92 Å². The first-order chi connectivity index (χ1) is 8.99. The van der Waals surface area contributed by atoms with E-state index in [-0.39, 0.29) is 6.42 Å². The van der Waals surface area contributed by atoms with Crippen molar-refractivity contribution in [2.45, 2.75) is 33.6 Å². The molecule has 0 heterocycles. The van der Waals surface area contributed by atoms with Crippen LogP contribution in [0.4, 0.5) is 0 Å². The number of rotatable bonds is 6. The molecule has 0 aliphatic rings. The maximum absolute atomic E-state index is 10.7. The van der Waals surface area contributed by atoms with E-state index in [0.29, 0.717) is 11.6 Å². The summed E-state index contributed by atoms with van der Waals surface area (Å²) in [5, 5.41) is 9.43. The van der Waals surface area contributed by atoms with E-state index in [1.165, 1.54) is 0 Å². The number of halogens is 1. The molecular formula is C15H19ClO3. The maximum atomic E-state index is 10.7. The molecule has 3 nitrogen and oxygen atoms in total. The highest BCUT2D eigenvalue weighted by Crippen LogP contribution is 2.33. The summed E-state index contributed by atoms with van der Waals surface area (Å²) in [6.45, 7) is 6.38. The van der Waals surface area contributed by atoms with Gasteiger partial charge in [-0.1, -0.05) is 24.6 Å². The van der Waals surface area contributed by atoms with Crippen LogP contribution >= 0.6 is 11.6 Å². The highest BCUT2D eigenvalue weighted by molar-refractivity contribution is 6.31. The molecule has 1 N–H and O–H groups in total. The summed E-state index contributed by atoms with van der Waals surface area (Å²) >= 11 is 6.15. The van der Waals surface area contributed by atoms with Crippen LogP contribution in [0.2, 0.25) is 5.02 Å². The number of carbonyl (C=O) groups is 1. The summed E-state index contributed by atoms with van der Waals surface area (Å²) in [6, 6.07) is 3.74. The molecule has 4 heteroatoms. The van der Waals surface area contributed by atoms with Gasteiger partial charge in [0.2, 0.25) is 0 Å². The van der Waals surface area contributed by atoms with E-state index in [9.17, 15) is 4.79 Å². The zero-order chi connectivity index (χ0) is 14.4. The fourth-order valence-corrected chi connectivity index (χ4v) is 2.00. The van der Waals surface area contributed by atoms with Crippen LogP contribution in [0.1, 0.15) is 37.8 Å². The summed E-state index contributed by atoms with van der Waals surface area (Å²) in [5.74, 6) is -0.0926. The number of ether oxygens (including phenoxy) is 1. The van der Waals surface area contributed by atoms with Gasteiger partial charge in [-0.25, -0.2) is 0 Å². The number of aryl methyl sites for hydroxylation is 1. The summed E-state index contributed by atoms with van der Waals surface area (Å²) in [7, 11) is 0. The van der Waals surface area contributed by atoms with E-state index in [1.807, 2.05) is 32.9 Å². The Hall–Kier alpha value is -1.48. The van der Waals surface area contributed by atoms with Gasteiger partial charge in [-0.3, -0.25) is 4.79 Å². The third-order valence-electron chi connectivity index (χ3n) is 2.81. The number of hydrogen-bond acceptors (Lipinski definition) is 2. The molecule has 0 amide bonds. The van der Waals surface area contributed by atoms with Gasteiger partial charge in [-0.15, -0.1) is 0 Å². The predicted octanol–water partition coefficient (Wildman–Crippen LogP) is 4.32. The Labute approximate surface area is 118 Å². The number of benzene rings is 1. The molecule has 1 rings (SSSR count). The molecule has 1 aromatic rings. The van der Waals surface area contributed by atoms with Gasteiger partial charge in [0.15, 0.2) is 0 Å². The van der Waals surface area contributed by atoms with Crippen LogP contribution in [0.3, 0.4) is 0 Å². The number of carboxylic acid groups (broad SMARTS) is 1. The average Bonchev–Trinajstić information content (AvgIpc) is 2.35. The van der Waals surface area contributed by atoms with Crippen molar-refractivity contribution in [3.63, 3.8) is 0 Å². The molecule has 0 aliphatic carbocycles. The lowest BCUT2D eigenvalue weighted by Gasteiger charge is -2.14. The van der Waals surface area contributed by atoms with E-state index in [0.717, 1.165) is 28.9 Å². The molecule has 0 spiro atoms. The van der Waals surface area contributed by atoms with Gasteiger partial charge < -0.3 is 9.84 Å². The molecule has 0 aliphatic heterocycles. The Morgan fingerprint density at radius 3 is 2.63 bits per heavy atom. The second kappa shape index (κ2) is 7.19. The Kier molecular flexibility index (Phi) is 5.90. The summed E-state index contributed by atoms with van der Waals surface area (Å²) < 4.78 is 5.62. The minimum Gasteiger partial charge on any atom is -0.493 e. The van der Waals surface area contributed by atoms with E-state index in [1.54, 1.807) is 6.08 Å². The Morgan fingerprint density at radius 1 is 1.42 bits per heavy atom. The number of carboxylic acids is 1. The first-order valence-electron chi connectivity index (χ1n) is 6.33. The molecule has 0 bridgehead atoms. The summed E-state index contributed by atoms with van der Waals surface area (Å²) in [6.07, 6.45) is 2.44. The van der Waals surface area contributed by atoms with E-state index in [2.05, 4.69) is 0 Å². The van der Waals surface area contributed by atoms with Crippen molar-refractivity contribution in [1.29, 1.82) is 0 Å². The van der Waals surface area contributed by atoms with Gasteiger partial charge >= 0.3 is 5.97 Å². The largest absolute Gasteiger partial charge is 0.493 e. The fourth-order valence-electron chi connectivity index (χ4n) is 1.84. The summed E-state index contributed by atoms with van der Waals surface area (Å²) in [4.78, 5) is 10.7. The third kappa shape index (κ3) is 4.28. The zero-order valence-electron chi connectivity index (χ0n) is 11.5. The second-order valence-corrected chi connectivity index (χ2v) is 4.62. The second-order valence-electron chi connectivity index (χ2n) is 4.21. The van der Waals surface area contributed by atoms with Gasteiger partial charge in [0.1, 0.15) is 5.75 Å². The molecule has 0 radical (unpaired) electrons. The quantitative estimate of drug-likeness (QED) is 0.845. The SMILES string of the molecule is CCOc1cc(C)c(Cl)cc1/C(=C/CC(=O)O)CC. The highest BCUT2D eigenvalue weighted by atomic mass is 35.5. The van der Waals surface area contributed by atoms with Crippen molar-refractivity contribution < 1.29 is 14.6 Å². The Bertz CT molecular complexity index is 492. The van der Waals surface area contributed by atoms with Crippen molar-refractivity contribution in [3.8, 4) is 5.75 Å². The maximum Gasteiger partial charge on any atom is 0.307 e.